The van der Waals surface area contributed by atoms with Crippen molar-refractivity contribution in [1.29, 1.82) is 5.26 Å². The van der Waals surface area contributed by atoms with E-state index in [1.807, 2.05) is 6.07 Å². The van der Waals surface area contributed by atoms with Crippen LogP contribution in [0, 0.1) is 11.3 Å². The molecule has 0 aliphatic rings. The molecule has 1 aromatic carbocycles. The highest BCUT2D eigenvalue weighted by Gasteiger charge is 2.18. The number of methoxy groups -OCH3 is 1. The third-order valence-corrected chi connectivity index (χ3v) is 2.48. The fourth-order valence-electron chi connectivity index (χ4n) is 1.11. The molecule has 0 aliphatic heterocycles. The summed E-state index contributed by atoms with van der Waals surface area (Å²) in [5.74, 6) is -0.651. The molecular formula is C10H6BrNO3. The molecular weight excluding hydrogens is 262 g/mol. The standard InChI is InChI=1S/C10H6BrNO3/c1-15-10(14)9-7(4-12)6(5-13)2-3-8(9)11/h2-3,5H,1H3. The topological polar surface area (TPSA) is 67.2 Å². The molecule has 0 amide bonds. The van der Waals surface area contributed by atoms with Gasteiger partial charge in [0.2, 0.25) is 0 Å². The second kappa shape index (κ2) is 4.71. The van der Waals surface area contributed by atoms with E-state index in [0.29, 0.717) is 10.8 Å². The van der Waals surface area contributed by atoms with Crippen LogP contribution < -0.4 is 0 Å². The average Bonchev–Trinajstić information content (AvgIpc) is 2.27. The summed E-state index contributed by atoms with van der Waals surface area (Å²) < 4.78 is 4.95. The maximum absolute atomic E-state index is 11.4. The molecule has 0 unspecified atom stereocenters. The maximum atomic E-state index is 11.4. The van der Waals surface area contributed by atoms with E-state index < -0.39 is 5.97 Å². The zero-order valence-electron chi connectivity index (χ0n) is 7.78. The van der Waals surface area contributed by atoms with Gasteiger partial charge in [0.05, 0.1) is 18.2 Å². The number of rotatable bonds is 2. The molecule has 0 aromatic heterocycles. The van der Waals surface area contributed by atoms with Gasteiger partial charge < -0.3 is 4.74 Å². The SMILES string of the molecule is COC(=O)c1c(Br)ccc(C=O)c1C#N. The molecule has 0 saturated heterocycles. The molecule has 0 radical (unpaired) electrons. The highest BCUT2D eigenvalue weighted by molar-refractivity contribution is 9.10. The van der Waals surface area contributed by atoms with Gasteiger partial charge in [-0.05, 0) is 28.1 Å². The van der Waals surface area contributed by atoms with Crippen LogP contribution in [-0.4, -0.2) is 19.4 Å². The first kappa shape index (κ1) is 11.4. The van der Waals surface area contributed by atoms with Crippen LogP contribution in [0.2, 0.25) is 0 Å². The smallest absolute Gasteiger partial charge is 0.340 e. The van der Waals surface area contributed by atoms with Crippen molar-refractivity contribution in [3.8, 4) is 6.07 Å². The number of halogens is 1. The third kappa shape index (κ3) is 2.05. The van der Waals surface area contributed by atoms with Crippen LogP contribution in [0.3, 0.4) is 0 Å². The van der Waals surface area contributed by atoms with Crippen molar-refractivity contribution in [1.82, 2.24) is 0 Å². The lowest BCUT2D eigenvalue weighted by molar-refractivity contribution is 0.0599. The Morgan fingerprint density at radius 2 is 2.27 bits per heavy atom. The average molecular weight is 268 g/mol. The van der Waals surface area contributed by atoms with Gasteiger partial charge >= 0.3 is 5.97 Å². The summed E-state index contributed by atoms with van der Waals surface area (Å²) in [7, 11) is 1.21. The predicted octanol–water partition coefficient (Wildman–Crippen LogP) is 1.92. The maximum Gasteiger partial charge on any atom is 0.340 e. The quantitative estimate of drug-likeness (QED) is 0.607. The van der Waals surface area contributed by atoms with Gasteiger partial charge in [0.15, 0.2) is 6.29 Å². The Balaban J connectivity index is 3.54. The van der Waals surface area contributed by atoms with Crippen molar-refractivity contribution < 1.29 is 14.3 Å². The van der Waals surface area contributed by atoms with Crippen molar-refractivity contribution in [2.75, 3.05) is 7.11 Å². The number of nitriles is 1. The highest BCUT2D eigenvalue weighted by atomic mass is 79.9. The van der Waals surface area contributed by atoms with Crippen molar-refractivity contribution in [3.63, 3.8) is 0 Å². The Morgan fingerprint density at radius 3 is 2.73 bits per heavy atom. The summed E-state index contributed by atoms with van der Waals surface area (Å²) in [6.07, 6.45) is 0.525. The molecule has 0 saturated carbocycles. The van der Waals surface area contributed by atoms with Crippen LogP contribution >= 0.6 is 15.9 Å². The van der Waals surface area contributed by atoms with E-state index in [9.17, 15) is 9.59 Å². The number of nitrogens with zero attached hydrogens (tertiary/aromatic N) is 1. The van der Waals surface area contributed by atoms with Gasteiger partial charge in [-0.3, -0.25) is 4.79 Å². The second-order valence-corrected chi connectivity index (χ2v) is 3.46. The van der Waals surface area contributed by atoms with Crippen LogP contribution in [0.25, 0.3) is 0 Å². The van der Waals surface area contributed by atoms with Crippen molar-refractivity contribution in [3.05, 3.63) is 33.3 Å². The first-order chi connectivity index (χ1) is 7.15. The number of benzene rings is 1. The van der Waals surface area contributed by atoms with E-state index >= 15 is 0 Å². The summed E-state index contributed by atoms with van der Waals surface area (Å²) in [6, 6.07) is 4.79. The lowest BCUT2D eigenvalue weighted by Gasteiger charge is -2.05. The number of carbonyl (C=O) groups is 2. The zero-order chi connectivity index (χ0) is 11.4. The second-order valence-electron chi connectivity index (χ2n) is 2.61. The molecule has 4 nitrogen and oxygen atoms in total. The van der Waals surface area contributed by atoms with Gasteiger partial charge in [0, 0.05) is 10.0 Å². The Kier molecular flexibility index (Phi) is 3.58. The van der Waals surface area contributed by atoms with Crippen LogP contribution in [0.15, 0.2) is 16.6 Å². The molecule has 0 heterocycles. The molecule has 1 rings (SSSR count). The fourth-order valence-corrected chi connectivity index (χ4v) is 1.61. The van der Waals surface area contributed by atoms with E-state index in [0.717, 1.165) is 0 Å². The van der Waals surface area contributed by atoms with Gasteiger partial charge in [-0.25, -0.2) is 4.79 Å². The first-order valence-electron chi connectivity index (χ1n) is 3.91. The van der Waals surface area contributed by atoms with Gasteiger partial charge in [-0.1, -0.05) is 0 Å². The summed E-state index contributed by atoms with van der Waals surface area (Å²) in [4.78, 5) is 22.0. The Hall–Kier alpha value is -1.67. The summed E-state index contributed by atoms with van der Waals surface area (Å²) in [5, 5.41) is 8.86. The number of aldehydes is 1. The Labute approximate surface area is 94.6 Å². The molecule has 76 valence electrons. The van der Waals surface area contributed by atoms with Crippen LogP contribution in [0.5, 0.6) is 0 Å². The van der Waals surface area contributed by atoms with Crippen molar-refractivity contribution >= 4 is 28.2 Å². The van der Waals surface area contributed by atoms with Gasteiger partial charge in [-0.2, -0.15) is 5.26 Å². The molecule has 0 bridgehead atoms. The van der Waals surface area contributed by atoms with E-state index in [2.05, 4.69) is 20.7 Å². The van der Waals surface area contributed by atoms with E-state index in [4.69, 9.17) is 5.26 Å². The van der Waals surface area contributed by atoms with Gasteiger partial charge in [0.1, 0.15) is 6.07 Å². The van der Waals surface area contributed by atoms with Gasteiger partial charge in [-0.15, -0.1) is 0 Å². The lowest BCUT2D eigenvalue weighted by atomic mass is 10.0. The predicted molar refractivity (Wildman–Crippen MR) is 55.6 cm³/mol. The molecule has 0 aliphatic carbocycles. The number of hydrogen-bond donors (Lipinski definition) is 0. The summed E-state index contributed by atoms with van der Waals surface area (Å²) in [5.41, 5.74) is 0.261. The monoisotopic (exact) mass is 267 g/mol. The molecule has 1 aromatic rings. The minimum absolute atomic E-state index is 0.0197. The number of esters is 1. The van der Waals surface area contributed by atoms with Crippen molar-refractivity contribution in [2.45, 2.75) is 0 Å². The highest BCUT2D eigenvalue weighted by Crippen LogP contribution is 2.23. The van der Waals surface area contributed by atoms with Crippen LogP contribution in [-0.2, 0) is 4.74 Å². The summed E-state index contributed by atoms with van der Waals surface area (Å²) >= 11 is 3.12. The zero-order valence-corrected chi connectivity index (χ0v) is 9.37. The molecule has 0 N–H and O–H groups in total. The molecule has 0 atom stereocenters. The van der Waals surface area contributed by atoms with Gasteiger partial charge in [0.25, 0.3) is 0 Å². The normalized spacial score (nSPS) is 9.13. The molecule has 0 fully saturated rings. The number of ether oxygens (including phenoxy) is 1. The first-order valence-corrected chi connectivity index (χ1v) is 4.71. The largest absolute Gasteiger partial charge is 0.465 e. The minimum atomic E-state index is -0.651. The Bertz CT molecular complexity index is 462. The summed E-state index contributed by atoms with van der Waals surface area (Å²) in [6.45, 7) is 0. The van der Waals surface area contributed by atoms with E-state index in [-0.39, 0.29) is 16.7 Å². The molecule has 5 heteroatoms. The number of carbonyl (C=O) groups excluding carboxylic acids is 2. The third-order valence-electron chi connectivity index (χ3n) is 1.82. The Morgan fingerprint density at radius 1 is 1.60 bits per heavy atom. The van der Waals surface area contributed by atoms with Crippen LogP contribution in [0.4, 0.5) is 0 Å². The van der Waals surface area contributed by atoms with E-state index in [1.54, 1.807) is 0 Å². The molecule has 0 spiro atoms. The minimum Gasteiger partial charge on any atom is -0.465 e. The van der Waals surface area contributed by atoms with Crippen LogP contribution in [0.1, 0.15) is 26.3 Å². The van der Waals surface area contributed by atoms with E-state index in [1.165, 1.54) is 19.2 Å². The number of hydrogen-bond acceptors (Lipinski definition) is 4. The lowest BCUT2D eigenvalue weighted by Crippen LogP contribution is -2.07. The molecule has 15 heavy (non-hydrogen) atoms. The fraction of sp³-hybridized carbons (Fsp3) is 0.100. The van der Waals surface area contributed by atoms with Crippen molar-refractivity contribution in [2.24, 2.45) is 0 Å².